The van der Waals surface area contributed by atoms with Crippen LogP contribution in [0.15, 0.2) is 30.5 Å². The maximum Gasteiger partial charge on any atom is 0.416 e. The number of rotatable bonds is 5. The highest BCUT2D eigenvalue weighted by Crippen LogP contribution is 2.53. The summed E-state index contributed by atoms with van der Waals surface area (Å²) in [6.45, 7) is -1.56. The number of pyridine rings is 1. The second kappa shape index (κ2) is 9.94. The molecule has 226 valence electrons. The van der Waals surface area contributed by atoms with E-state index in [1.807, 2.05) is 0 Å². The monoisotopic (exact) mass is 609 g/mol. The molecule has 41 heavy (non-hydrogen) atoms. The zero-order chi connectivity index (χ0) is 30.8. The molecule has 1 amide bonds. The van der Waals surface area contributed by atoms with Gasteiger partial charge in [-0.3, -0.25) is 4.79 Å². The maximum absolute atomic E-state index is 14.5. The number of hydrogen-bond donors (Lipinski definition) is 2. The third-order valence-corrected chi connectivity index (χ3v) is 7.06. The lowest BCUT2D eigenvalue weighted by Crippen LogP contribution is -2.52. The molecule has 2 atom stereocenters. The summed E-state index contributed by atoms with van der Waals surface area (Å²) in [7, 11) is 0. The Morgan fingerprint density at radius 3 is 1.93 bits per heavy atom. The Bertz CT molecular complexity index is 1280. The minimum atomic E-state index is -5.66. The van der Waals surface area contributed by atoms with Crippen LogP contribution in [0.3, 0.4) is 0 Å². The lowest BCUT2D eigenvalue weighted by Gasteiger charge is -2.37. The number of nitrogens with one attached hydrogen (secondary N) is 1. The predicted molar refractivity (Wildman–Crippen MR) is 116 cm³/mol. The van der Waals surface area contributed by atoms with Crippen LogP contribution < -0.4 is 10.2 Å². The fourth-order valence-corrected chi connectivity index (χ4v) is 4.72. The van der Waals surface area contributed by atoms with E-state index in [1.54, 1.807) is 0 Å². The lowest BCUT2D eigenvalue weighted by atomic mass is 9.76. The normalized spacial score (nSPS) is 22.3. The fraction of sp³-hybridized carbons (Fsp3) is 0.500. The number of benzene rings is 1. The molecule has 0 spiro atoms. The molecule has 1 aliphatic carbocycles. The van der Waals surface area contributed by atoms with E-state index in [-0.39, 0.29) is 24.1 Å². The van der Waals surface area contributed by atoms with Gasteiger partial charge in [-0.2, -0.15) is 52.7 Å². The van der Waals surface area contributed by atoms with Crippen molar-refractivity contribution in [3.8, 4) is 0 Å². The Hall–Kier alpha value is -3.24. The number of amides is 1. The van der Waals surface area contributed by atoms with Gasteiger partial charge in [-0.05, 0) is 49.1 Å². The quantitative estimate of drug-likeness (QED) is 0.397. The Labute approximate surface area is 223 Å². The molecule has 2 aromatic rings. The summed E-state index contributed by atoms with van der Waals surface area (Å²) >= 11 is 0. The number of carbonyl (C=O) groups is 1. The van der Waals surface area contributed by atoms with Crippen molar-refractivity contribution in [2.24, 2.45) is 5.92 Å². The highest BCUT2D eigenvalue weighted by Gasteiger charge is 2.65. The molecule has 0 radical (unpaired) electrons. The Morgan fingerprint density at radius 2 is 1.46 bits per heavy atom. The van der Waals surface area contributed by atoms with E-state index in [4.69, 9.17) is 0 Å². The SMILES string of the molecule is O=C(NCc1cnc(N2CCC(c3cc(C(F)(F)F)cc(C(F)(F)F)c3)(C(F)(F)F)C2O)cc1C(F)(F)F)C1CC1. The second-order valence-corrected chi connectivity index (χ2v) is 9.77. The third kappa shape index (κ3) is 5.90. The molecular weight excluding hydrogens is 590 g/mol. The maximum atomic E-state index is 14.5. The van der Waals surface area contributed by atoms with E-state index in [0.717, 1.165) is 0 Å². The highest BCUT2D eigenvalue weighted by molar-refractivity contribution is 5.80. The number of halogens is 12. The van der Waals surface area contributed by atoms with Crippen LogP contribution in [0.1, 0.15) is 47.1 Å². The van der Waals surface area contributed by atoms with Crippen molar-refractivity contribution in [3.05, 3.63) is 58.3 Å². The molecule has 2 unspecified atom stereocenters. The van der Waals surface area contributed by atoms with E-state index >= 15 is 0 Å². The van der Waals surface area contributed by atoms with Gasteiger partial charge >= 0.3 is 24.7 Å². The summed E-state index contributed by atoms with van der Waals surface area (Å²) in [5.41, 5.74) is -11.4. The molecule has 17 heteroatoms. The standard InChI is InChI=1S/C24H19F12N3O2/c25-21(26,27)14-5-13(6-15(7-14)22(28,29)30)20(24(34,35)36)3-4-39(19(20)41)17-8-16(23(31,32)33)12(9-37-17)10-38-18(40)11-1-2-11/h5-9,11,19,41H,1-4,10H2,(H,38,40). The van der Waals surface area contributed by atoms with Crippen LogP contribution >= 0.6 is 0 Å². The third-order valence-electron chi connectivity index (χ3n) is 7.06. The van der Waals surface area contributed by atoms with Gasteiger partial charge < -0.3 is 15.3 Å². The van der Waals surface area contributed by atoms with Crippen molar-refractivity contribution in [1.82, 2.24) is 10.3 Å². The average Bonchev–Trinajstić information content (AvgIpc) is 3.62. The van der Waals surface area contributed by atoms with Crippen molar-refractivity contribution in [3.63, 3.8) is 0 Å². The first kappa shape index (κ1) is 30.7. The number of nitrogens with zero attached hydrogens (tertiary/aromatic N) is 2. The first-order valence-corrected chi connectivity index (χ1v) is 11.8. The largest absolute Gasteiger partial charge is 0.416 e. The molecule has 1 aromatic heterocycles. The van der Waals surface area contributed by atoms with Gasteiger partial charge in [-0.15, -0.1) is 0 Å². The molecule has 0 bridgehead atoms. The summed E-state index contributed by atoms with van der Waals surface area (Å²) in [6.07, 6.45) is -24.3. The van der Waals surface area contributed by atoms with Crippen LogP contribution in [-0.4, -0.2) is 34.9 Å². The van der Waals surface area contributed by atoms with Gasteiger partial charge in [0, 0.05) is 30.8 Å². The summed E-state index contributed by atoms with van der Waals surface area (Å²) < 4.78 is 165. The first-order chi connectivity index (χ1) is 18.7. The van der Waals surface area contributed by atoms with Crippen molar-refractivity contribution in [1.29, 1.82) is 0 Å². The summed E-state index contributed by atoms with van der Waals surface area (Å²) in [5.74, 6) is -1.72. The molecule has 1 saturated carbocycles. The Kier molecular flexibility index (Phi) is 7.45. The molecular formula is C24H19F12N3O2. The zero-order valence-corrected chi connectivity index (χ0v) is 20.4. The average molecular weight is 609 g/mol. The van der Waals surface area contributed by atoms with Crippen molar-refractivity contribution in [2.75, 3.05) is 11.4 Å². The highest BCUT2D eigenvalue weighted by atomic mass is 19.4. The number of alkyl halides is 12. The molecule has 2 fully saturated rings. The first-order valence-electron chi connectivity index (χ1n) is 11.8. The molecule has 5 nitrogen and oxygen atoms in total. The van der Waals surface area contributed by atoms with E-state index in [2.05, 4.69) is 10.3 Å². The van der Waals surface area contributed by atoms with Crippen molar-refractivity contribution in [2.45, 2.75) is 62.2 Å². The summed E-state index contributed by atoms with van der Waals surface area (Å²) in [6, 6.07) is -0.433. The van der Waals surface area contributed by atoms with Gasteiger partial charge in [-0.1, -0.05) is 0 Å². The van der Waals surface area contributed by atoms with Gasteiger partial charge in [0.05, 0.1) is 16.7 Å². The van der Waals surface area contributed by atoms with E-state index in [1.165, 1.54) is 0 Å². The number of aromatic nitrogens is 1. The molecule has 4 rings (SSSR count). The Balaban J connectivity index is 1.78. The van der Waals surface area contributed by atoms with Crippen LogP contribution in [0.2, 0.25) is 0 Å². The van der Waals surface area contributed by atoms with Gasteiger partial charge in [0.2, 0.25) is 5.91 Å². The van der Waals surface area contributed by atoms with Gasteiger partial charge in [0.15, 0.2) is 0 Å². The minimum absolute atomic E-state index is 0.171. The van der Waals surface area contributed by atoms with E-state index < -0.39 is 95.4 Å². The zero-order valence-electron chi connectivity index (χ0n) is 20.4. The van der Waals surface area contributed by atoms with E-state index in [9.17, 15) is 62.6 Å². The van der Waals surface area contributed by atoms with Crippen molar-refractivity contribution >= 4 is 11.7 Å². The molecule has 1 aliphatic heterocycles. The van der Waals surface area contributed by atoms with Crippen LogP contribution in [-0.2, 0) is 35.3 Å². The second-order valence-electron chi connectivity index (χ2n) is 9.77. The number of carbonyl (C=O) groups excluding carboxylic acids is 1. The van der Waals surface area contributed by atoms with Crippen molar-refractivity contribution < 1.29 is 62.6 Å². The lowest BCUT2D eigenvalue weighted by molar-refractivity contribution is -0.211. The number of aliphatic hydroxyl groups excluding tert-OH is 1. The van der Waals surface area contributed by atoms with Gasteiger partial charge in [-0.25, -0.2) is 4.98 Å². The number of aliphatic hydroxyl groups is 1. The molecule has 2 N–H and O–H groups in total. The summed E-state index contributed by atoms with van der Waals surface area (Å²) in [5, 5.41) is 13.1. The number of anilines is 1. The van der Waals surface area contributed by atoms with Crippen LogP contribution in [0, 0.1) is 5.92 Å². The van der Waals surface area contributed by atoms with Gasteiger partial charge in [0.25, 0.3) is 0 Å². The number of hydrogen-bond acceptors (Lipinski definition) is 4. The molecule has 2 heterocycles. The topological polar surface area (TPSA) is 65.5 Å². The molecule has 1 saturated heterocycles. The van der Waals surface area contributed by atoms with E-state index in [0.29, 0.717) is 30.0 Å². The van der Waals surface area contributed by atoms with Gasteiger partial charge in [0.1, 0.15) is 17.5 Å². The fourth-order valence-electron chi connectivity index (χ4n) is 4.72. The van der Waals surface area contributed by atoms with Crippen LogP contribution in [0.25, 0.3) is 0 Å². The molecule has 1 aromatic carbocycles. The Morgan fingerprint density at radius 1 is 0.902 bits per heavy atom. The predicted octanol–water partition coefficient (Wildman–Crippen LogP) is 6.19. The molecule has 2 aliphatic rings. The summed E-state index contributed by atoms with van der Waals surface area (Å²) in [4.78, 5) is 15.8. The van der Waals surface area contributed by atoms with Crippen LogP contribution in [0.5, 0.6) is 0 Å². The minimum Gasteiger partial charge on any atom is -0.372 e. The smallest absolute Gasteiger partial charge is 0.372 e. The van der Waals surface area contributed by atoms with Crippen LogP contribution in [0.4, 0.5) is 58.5 Å².